The zero-order valence-corrected chi connectivity index (χ0v) is 15.2. The molecule has 132 valence electrons. The van der Waals surface area contributed by atoms with Gasteiger partial charge in [-0.1, -0.05) is 0 Å². The molecular formula is C19H23N3O2S. The summed E-state index contributed by atoms with van der Waals surface area (Å²) in [4.78, 5) is 16.4. The van der Waals surface area contributed by atoms with E-state index >= 15 is 0 Å². The topological polar surface area (TPSA) is 58.2 Å². The van der Waals surface area contributed by atoms with Crippen molar-refractivity contribution >= 4 is 17.2 Å². The molecular weight excluding hydrogens is 334 g/mol. The highest BCUT2D eigenvalue weighted by molar-refractivity contribution is 7.10. The Hall–Kier alpha value is -1.66. The summed E-state index contributed by atoms with van der Waals surface area (Å²) in [7, 11) is 0. The summed E-state index contributed by atoms with van der Waals surface area (Å²) in [5.74, 6) is 0.0931. The van der Waals surface area contributed by atoms with Gasteiger partial charge in [-0.05, 0) is 55.5 Å². The van der Waals surface area contributed by atoms with Gasteiger partial charge in [-0.2, -0.15) is 5.10 Å². The molecule has 2 aliphatic heterocycles. The fraction of sp³-hybridized carbons (Fsp3) is 0.579. The molecule has 0 saturated carbocycles. The van der Waals surface area contributed by atoms with Gasteiger partial charge < -0.3 is 9.64 Å². The van der Waals surface area contributed by atoms with E-state index < -0.39 is 0 Å². The molecule has 1 aliphatic carbocycles. The number of H-pyrrole nitrogens is 1. The molecule has 1 fully saturated rings. The molecule has 0 atom stereocenters. The Labute approximate surface area is 151 Å². The SMILES string of the molecule is O=C(c1n[nH]c2c1CCCC2)N1CCC2(CC1)OCCc1sccc12. The molecule has 1 amide bonds. The number of carbonyl (C=O) groups excluding carboxylic acids is 1. The molecule has 0 bridgehead atoms. The van der Waals surface area contributed by atoms with E-state index in [-0.39, 0.29) is 11.5 Å². The minimum Gasteiger partial charge on any atom is -0.370 e. The van der Waals surface area contributed by atoms with Gasteiger partial charge in [-0.25, -0.2) is 0 Å². The third kappa shape index (κ3) is 2.46. The highest BCUT2D eigenvalue weighted by Gasteiger charge is 2.42. The lowest BCUT2D eigenvalue weighted by atomic mass is 9.82. The van der Waals surface area contributed by atoms with Gasteiger partial charge in [0.2, 0.25) is 0 Å². The molecule has 25 heavy (non-hydrogen) atoms. The molecule has 0 radical (unpaired) electrons. The second kappa shape index (κ2) is 5.95. The van der Waals surface area contributed by atoms with Crippen LogP contribution in [-0.2, 0) is 29.6 Å². The third-order valence-electron chi connectivity index (χ3n) is 6.06. The molecule has 4 heterocycles. The number of ether oxygens (including phenoxy) is 1. The van der Waals surface area contributed by atoms with Crippen molar-refractivity contribution < 1.29 is 9.53 Å². The third-order valence-corrected chi connectivity index (χ3v) is 7.04. The Balaban J connectivity index is 1.34. The van der Waals surface area contributed by atoms with Crippen molar-refractivity contribution in [1.29, 1.82) is 0 Å². The highest BCUT2D eigenvalue weighted by Crippen LogP contribution is 2.43. The van der Waals surface area contributed by atoms with Crippen LogP contribution in [0.15, 0.2) is 11.4 Å². The predicted molar refractivity (Wildman–Crippen MR) is 96.0 cm³/mol. The molecule has 2 aromatic rings. The van der Waals surface area contributed by atoms with Gasteiger partial charge in [0.1, 0.15) is 0 Å². The zero-order chi connectivity index (χ0) is 16.9. The maximum atomic E-state index is 13.0. The molecule has 1 spiro atoms. The summed E-state index contributed by atoms with van der Waals surface area (Å²) in [6, 6.07) is 2.22. The lowest BCUT2D eigenvalue weighted by Gasteiger charge is -2.44. The number of hydrogen-bond acceptors (Lipinski definition) is 4. The number of aryl methyl sites for hydroxylation is 1. The molecule has 0 aromatic carbocycles. The second-order valence-corrected chi connectivity index (χ2v) is 8.38. The van der Waals surface area contributed by atoms with Crippen LogP contribution in [0.2, 0.25) is 0 Å². The average molecular weight is 357 g/mol. The van der Waals surface area contributed by atoms with Gasteiger partial charge in [0, 0.05) is 35.6 Å². The van der Waals surface area contributed by atoms with Crippen LogP contribution in [0.4, 0.5) is 0 Å². The Morgan fingerprint density at radius 1 is 1.24 bits per heavy atom. The lowest BCUT2D eigenvalue weighted by Crippen LogP contribution is -2.48. The number of thiophene rings is 1. The molecule has 0 unspecified atom stereocenters. The zero-order valence-electron chi connectivity index (χ0n) is 14.3. The number of hydrogen-bond donors (Lipinski definition) is 1. The summed E-state index contributed by atoms with van der Waals surface area (Å²) < 4.78 is 6.25. The monoisotopic (exact) mass is 357 g/mol. The second-order valence-electron chi connectivity index (χ2n) is 7.38. The van der Waals surface area contributed by atoms with Crippen molar-refractivity contribution in [2.75, 3.05) is 19.7 Å². The van der Waals surface area contributed by atoms with E-state index in [0.717, 1.165) is 63.8 Å². The van der Waals surface area contributed by atoms with Crippen molar-refractivity contribution in [1.82, 2.24) is 15.1 Å². The molecule has 5 nitrogen and oxygen atoms in total. The quantitative estimate of drug-likeness (QED) is 0.853. The van der Waals surface area contributed by atoms with Crippen LogP contribution in [0.25, 0.3) is 0 Å². The number of carbonyl (C=O) groups is 1. The summed E-state index contributed by atoms with van der Waals surface area (Å²) in [5.41, 5.74) is 4.18. The van der Waals surface area contributed by atoms with Crippen molar-refractivity contribution in [3.63, 3.8) is 0 Å². The van der Waals surface area contributed by atoms with E-state index in [1.54, 1.807) is 0 Å². The van der Waals surface area contributed by atoms with Crippen LogP contribution in [0.3, 0.4) is 0 Å². The van der Waals surface area contributed by atoms with E-state index in [2.05, 4.69) is 21.6 Å². The number of piperidine rings is 1. The number of fused-ring (bicyclic) bond motifs is 3. The highest BCUT2D eigenvalue weighted by atomic mass is 32.1. The fourth-order valence-electron chi connectivity index (χ4n) is 4.65. The Kier molecular flexibility index (Phi) is 3.71. The molecule has 1 saturated heterocycles. The van der Waals surface area contributed by atoms with Crippen LogP contribution in [0.5, 0.6) is 0 Å². The number of rotatable bonds is 1. The largest absolute Gasteiger partial charge is 0.370 e. The maximum Gasteiger partial charge on any atom is 0.274 e. The summed E-state index contributed by atoms with van der Waals surface area (Å²) >= 11 is 1.84. The van der Waals surface area contributed by atoms with Crippen LogP contribution < -0.4 is 0 Å². The molecule has 2 aromatic heterocycles. The van der Waals surface area contributed by atoms with Gasteiger partial charge >= 0.3 is 0 Å². The first kappa shape index (κ1) is 15.6. The van der Waals surface area contributed by atoms with Crippen molar-refractivity contribution in [2.24, 2.45) is 0 Å². The first-order valence-corrected chi connectivity index (χ1v) is 10.2. The molecule has 3 aliphatic rings. The first-order chi connectivity index (χ1) is 12.3. The molecule has 5 rings (SSSR count). The number of aromatic nitrogens is 2. The standard InChI is InChI=1S/C19H23N3O2S/c23-18(17-13-3-1-2-4-15(13)20-21-17)22-9-7-19(8-10-22)14-6-12-25-16(14)5-11-24-19/h6,12H,1-5,7-11H2,(H,20,21). The van der Waals surface area contributed by atoms with E-state index in [9.17, 15) is 4.79 Å². The molecule has 6 heteroatoms. The van der Waals surface area contributed by atoms with Crippen molar-refractivity contribution in [3.05, 3.63) is 38.8 Å². The predicted octanol–water partition coefficient (Wildman–Crippen LogP) is 3.05. The maximum absolute atomic E-state index is 13.0. The number of aromatic amines is 1. The average Bonchev–Trinajstić information content (AvgIpc) is 3.30. The van der Waals surface area contributed by atoms with Crippen LogP contribution in [-0.4, -0.2) is 40.7 Å². The van der Waals surface area contributed by atoms with E-state index in [0.29, 0.717) is 5.69 Å². The van der Waals surface area contributed by atoms with Gasteiger partial charge in [-0.15, -0.1) is 11.3 Å². The van der Waals surface area contributed by atoms with Crippen LogP contribution in [0, 0.1) is 0 Å². The summed E-state index contributed by atoms with van der Waals surface area (Å²) in [6.07, 6.45) is 7.14. The van der Waals surface area contributed by atoms with Crippen molar-refractivity contribution in [3.8, 4) is 0 Å². The normalized spacial score (nSPS) is 21.8. The Morgan fingerprint density at radius 3 is 2.96 bits per heavy atom. The summed E-state index contributed by atoms with van der Waals surface area (Å²) in [6.45, 7) is 2.29. The van der Waals surface area contributed by atoms with E-state index in [1.807, 2.05) is 16.2 Å². The fourth-order valence-corrected chi connectivity index (χ4v) is 5.60. The molecule has 1 N–H and O–H groups in total. The number of nitrogens with zero attached hydrogens (tertiary/aromatic N) is 2. The van der Waals surface area contributed by atoms with Crippen LogP contribution >= 0.6 is 11.3 Å². The number of likely N-dealkylation sites (tertiary alicyclic amines) is 1. The Bertz CT molecular complexity index is 801. The van der Waals surface area contributed by atoms with Gasteiger partial charge in [0.25, 0.3) is 5.91 Å². The van der Waals surface area contributed by atoms with Crippen molar-refractivity contribution in [2.45, 2.75) is 50.5 Å². The smallest absolute Gasteiger partial charge is 0.274 e. The van der Waals surface area contributed by atoms with Gasteiger partial charge in [-0.3, -0.25) is 9.89 Å². The van der Waals surface area contributed by atoms with Gasteiger partial charge in [0.15, 0.2) is 5.69 Å². The van der Waals surface area contributed by atoms with Gasteiger partial charge in [0.05, 0.1) is 12.2 Å². The minimum atomic E-state index is -0.171. The first-order valence-electron chi connectivity index (χ1n) is 9.33. The summed E-state index contributed by atoms with van der Waals surface area (Å²) in [5, 5.41) is 9.63. The Morgan fingerprint density at radius 2 is 2.08 bits per heavy atom. The number of amides is 1. The van der Waals surface area contributed by atoms with E-state index in [1.165, 1.54) is 22.6 Å². The number of nitrogens with one attached hydrogen (secondary N) is 1. The lowest BCUT2D eigenvalue weighted by molar-refractivity contribution is -0.0926. The van der Waals surface area contributed by atoms with E-state index in [4.69, 9.17) is 4.74 Å². The minimum absolute atomic E-state index is 0.0931. The van der Waals surface area contributed by atoms with Crippen LogP contribution in [0.1, 0.15) is 57.9 Å².